The number of anilines is 1. The van der Waals surface area contributed by atoms with E-state index in [0.717, 1.165) is 17.7 Å². The van der Waals surface area contributed by atoms with Crippen molar-refractivity contribution in [2.75, 3.05) is 24.7 Å². The number of nitrogens with zero attached hydrogens (tertiary/aromatic N) is 4. The second kappa shape index (κ2) is 7.98. The molecule has 1 aromatic carbocycles. The number of carbonyl (C=O) groups excluding carboxylic acids is 1. The number of rotatable bonds is 6. The van der Waals surface area contributed by atoms with E-state index in [1.165, 1.54) is 17.6 Å². The Morgan fingerprint density at radius 3 is 3.04 bits per heavy atom. The standard InChI is InChI=1S/C18H17ClN4O3S/c19-13-3-1-4-15-16(13)21-18(27-15)23(7-2-6-22-8-5-20-12-22)17(24)14-11-25-9-10-26-14/h1,3-5,8,11-12H,2,6-7,9-10H2. The van der Waals surface area contributed by atoms with Gasteiger partial charge in [-0.3, -0.25) is 9.69 Å². The second-order valence-corrected chi connectivity index (χ2v) is 7.31. The minimum absolute atomic E-state index is 0.189. The van der Waals surface area contributed by atoms with Crippen molar-refractivity contribution in [2.24, 2.45) is 0 Å². The van der Waals surface area contributed by atoms with Crippen molar-refractivity contribution in [3.63, 3.8) is 0 Å². The van der Waals surface area contributed by atoms with Crippen LogP contribution in [0.5, 0.6) is 0 Å². The monoisotopic (exact) mass is 404 g/mol. The highest BCUT2D eigenvalue weighted by Gasteiger charge is 2.26. The summed E-state index contributed by atoms with van der Waals surface area (Å²) in [5.41, 5.74) is 0.696. The van der Waals surface area contributed by atoms with Gasteiger partial charge in [0.15, 0.2) is 5.13 Å². The number of para-hydroxylation sites is 1. The number of halogens is 1. The number of imidazole rings is 1. The minimum atomic E-state index is -0.268. The molecule has 0 spiro atoms. The fraction of sp³-hybridized carbons (Fsp3) is 0.278. The van der Waals surface area contributed by atoms with Crippen LogP contribution in [0.4, 0.5) is 5.13 Å². The molecular formula is C18H17ClN4O3S. The molecule has 27 heavy (non-hydrogen) atoms. The molecule has 0 aliphatic carbocycles. The second-order valence-electron chi connectivity index (χ2n) is 5.90. The highest BCUT2D eigenvalue weighted by Crippen LogP contribution is 2.33. The Morgan fingerprint density at radius 2 is 2.30 bits per heavy atom. The smallest absolute Gasteiger partial charge is 0.298 e. The summed E-state index contributed by atoms with van der Waals surface area (Å²) < 4.78 is 13.6. The summed E-state index contributed by atoms with van der Waals surface area (Å²) in [6.45, 7) is 2.02. The van der Waals surface area contributed by atoms with Crippen molar-refractivity contribution in [1.29, 1.82) is 0 Å². The third-order valence-electron chi connectivity index (χ3n) is 4.05. The van der Waals surface area contributed by atoms with Crippen LogP contribution in [0.3, 0.4) is 0 Å². The van der Waals surface area contributed by atoms with Crippen molar-refractivity contribution >= 4 is 44.2 Å². The molecule has 1 amide bonds. The fourth-order valence-electron chi connectivity index (χ4n) is 2.75. The topological polar surface area (TPSA) is 69.5 Å². The summed E-state index contributed by atoms with van der Waals surface area (Å²) in [6, 6.07) is 5.60. The molecule has 0 N–H and O–H groups in total. The lowest BCUT2D eigenvalue weighted by atomic mass is 10.3. The van der Waals surface area contributed by atoms with Gasteiger partial charge in [-0.15, -0.1) is 0 Å². The zero-order chi connectivity index (χ0) is 18.6. The fourth-order valence-corrected chi connectivity index (χ4v) is 4.04. The van der Waals surface area contributed by atoms with Gasteiger partial charge in [0.25, 0.3) is 5.91 Å². The van der Waals surface area contributed by atoms with Crippen LogP contribution in [0.2, 0.25) is 5.02 Å². The van der Waals surface area contributed by atoms with Crippen LogP contribution in [0.25, 0.3) is 10.2 Å². The lowest BCUT2D eigenvalue weighted by Gasteiger charge is -2.23. The van der Waals surface area contributed by atoms with E-state index in [4.69, 9.17) is 21.1 Å². The maximum absolute atomic E-state index is 13.0. The lowest BCUT2D eigenvalue weighted by Crippen LogP contribution is -2.35. The van der Waals surface area contributed by atoms with Gasteiger partial charge < -0.3 is 14.0 Å². The number of fused-ring (bicyclic) bond motifs is 1. The molecule has 0 saturated carbocycles. The van der Waals surface area contributed by atoms with Crippen LogP contribution in [0.15, 0.2) is 48.9 Å². The highest BCUT2D eigenvalue weighted by molar-refractivity contribution is 7.22. The molecule has 2 aromatic heterocycles. The van der Waals surface area contributed by atoms with E-state index in [9.17, 15) is 4.79 Å². The number of carbonyl (C=O) groups is 1. The van der Waals surface area contributed by atoms with Crippen LogP contribution in [-0.2, 0) is 20.8 Å². The first-order valence-corrected chi connectivity index (χ1v) is 9.69. The molecule has 0 saturated heterocycles. The summed E-state index contributed by atoms with van der Waals surface area (Å²) in [6.07, 6.45) is 7.49. The summed E-state index contributed by atoms with van der Waals surface area (Å²) >= 11 is 7.68. The first-order chi connectivity index (χ1) is 13.2. The van der Waals surface area contributed by atoms with E-state index in [0.29, 0.717) is 35.4 Å². The van der Waals surface area contributed by atoms with Crippen LogP contribution in [0.1, 0.15) is 6.42 Å². The van der Waals surface area contributed by atoms with Gasteiger partial charge in [-0.05, 0) is 18.6 Å². The molecule has 7 nitrogen and oxygen atoms in total. The van der Waals surface area contributed by atoms with E-state index in [2.05, 4.69) is 9.97 Å². The molecule has 0 unspecified atom stereocenters. The Labute approximate surface area is 164 Å². The molecular weight excluding hydrogens is 388 g/mol. The van der Waals surface area contributed by atoms with E-state index >= 15 is 0 Å². The average Bonchev–Trinajstić information content (AvgIpc) is 3.36. The normalized spacial score (nSPS) is 13.7. The van der Waals surface area contributed by atoms with Crippen molar-refractivity contribution in [3.05, 3.63) is 54.0 Å². The van der Waals surface area contributed by atoms with Gasteiger partial charge in [0.2, 0.25) is 5.76 Å². The first kappa shape index (κ1) is 17.8. The minimum Gasteiger partial charge on any atom is -0.494 e. The molecule has 0 atom stereocenters. The van der Waals surface area contributed by atoms with Crippen molar-refractivity contribution in [1.82, 2.24) is 14.5 Å². The van der Waals surface area contributed by atoms with E-state index in [-0.39, 0.29) is 11.7 Å². The van der Waals surface area contributed by atoms with Gasteiger partial charge in [0, 0.05) is 25.5 Å². The number of thiazole rings is 1. The number of hydrogen-bond acceptors (Lipinski definition) is 6. The average molecular weight is 405 g/mol. The van der Waals surface area contributed by atoms with Gasteiger partial charge >= 0.3 is 0 Å². The largest absolute Gasteiger partial charge is 0.494 e. The number of aryl methyl sites for hydroxylation is 1. The summed E-state index contributed by atoms with van der Waals surface area (Å²) in [4.78, 5) is 23.3. The molecule has 0 radical (unpaired) electrons. The molecule has 3 aromatic rings. The van der Waals surface area contributed by atoms with E-state index in [1.54, 1.807) is 23.5 Å². The Morgan fingerprint density at radius 1 is 1.37 bits per heavy atom. The maximum atomic E-state index is 13.0. The van der Waals surface area contributed by atoms with Crippen LogP contribution in [-0.4, -0.2) is 40.2 Å². The molecule has 4 rings (SSSR count). The van der Waals surface area contributed by atoms with Crippen LogP contribution < -0.4 is 4.90 Å². The molecule has 0 fully saturated rings. The number of ether oxygens (including phenoxy) is 2. The summed E-state index contributed by atoms with van der Waals surface area (Å²) in [7, 11) is 0. The van der Waals surface area contributed by atoms with E-state index < -0.39 is 0 Å². The van der Waals surface area contributed by atoms with Crippen molar-refractivity contribution in [3.8, 4) is 0 Å². The van der Waals surface area contributed by atoms with Gasteiger partial charge in [-0.25, -0.2) is 9.97 Å². The van der Waals surface area contributed by atoms with Crippen molar-refractivity contribution < 1.29 is 14.3 Å². The Hall–Kier alpha value is -2.58. The quantitative estimate of drug-likeness (QED) is 0.629. The van der Waals surface area contributed by atoms with Crippen molar-refractivity contribution in [2.45, 2.75) is 13.0 Å². The zero-order valence-corrected chi connectivity index (χ0v) is 15.9. The van der Waals surface area contributed by atoms with Crippen LogP contribution >= 0.6 is 22.9 Å². The number of amides is 1. The van der Waals surface area contributed by atoms with Gasteiger partial charge in [-0.2, -0.15) is 0 Å². The number of benzene rings is 1. The Bertz CT molecular complexity index is 970. The summed E-state index contributed by atoms with van der Waals surface area (Å²) in [5.74, 6) is -0.0789. The number of hydrogen-bond donors (Lipinski definition) is 0. The van der Waals surface area contributed by atoms with E-state index in [1.807, 2.05) is 22.9 Å². The third-order valence-corrected chi connectivity index (χ3v) is 5.40. The zero-order valence-electron chi connectivity index (χ0n) is 14.4. The maximum Gasteiger partial charge on any atom is 0.298 e. The molecule has 0 bridgehead atoms. The molecule has 1 aliphatic rings. The number of aromatic nitrogens is 3. The third kappa shape index (κ3) is 3.91. The molecule has 1 aliphatic heterocycles. The summed E-state index contributed by atoms with van der Waals surface area (Å²) in [5, 5.41) is 1.15. The van der Waals surface area contributed by atoms with Gasteiger partial charge in [0.1, 0.15) is 25.0 Å². The predicted octanol–water partition coefficient (Wildman–Crippen LogP) is 3.46. The van der Waals surface area contributed by atoms with Gasteiger partial charge in [0.05, 0.1) is 16.0 Å². The molecule has 3 heterocycles. The SMILES string of the molecule is O=C(C1=COCCO1)N(CCCn1ccnc1)c1nc2c(Cl)cccc2s1. The lowest BCUT2D eigenvalue weighted by molar-refractivity contribution is -0.119. The molecule has 9 heteroatoms. The van der Waals surface area contributed by atoms with Crippen LogP contribution in [0, 0.1) is 0 Å². The molecule has 140 valence electrons. The Kier molecular flexibility index (Phi) is 5.26. The predicted molar refractivity (Wildman–Crippen MR) is 104 cm³/mol. The first-order valence-electron chi connectivity index (χ1n) is 8.49. The van der Waals surface area contributed by atoms with Gasteiger partial charge in [-0.1, -0.05) is 29.0 Å². The Balaban J connectivity index is 1.60. The highest BCUT2D eigenvalue weighted by atomic mass is 35.5.